The molecule has 0 radical (unpaired) electrons. The van der Waals surface area contributed by atoms with Gasteiger partial charge >= 0.3 is 0 Å². The standard InChI is InChI=1S/C19H21FN2O/c1-12-5-10-15-16(3-2-4-17(15)20)18(12)22-11-13-6-8-14(9-7-13)19(21)23/h2-4,6-9,12,18,22H,5,10-11H2,1H3,(H2,21,23)/t12-,18-/m0/s1. The van der Waals surface area contributed by atoms with Crippen molar-refractivity contribution in [2.24, 2.45) is 11.7 Å². The van der Waals surface area contributed by atoms with Gasteiger partial charge in [0, 0.05) is 18.2 Å². The van der Waals surface area contributed by atoms with Gasteiger partial charge in [0.25, 0.3) is 0 Å². The summed E-state index contributed by atoms with van der Waals surface area (Å²) in [4.78, 5) is 11.1. The van der Waals surface area contributed by atoms with Gasteiger partial charge in [-0.15, -0.1) is 0 Å². The van der Waals surface area contributed by atoms with Crippen LogP contribution in [0.5, 0.6) is 0 Å². The molecule has 120 valence electrons. The van der Waals surface area contributed by atoms with E-state index in [0.717, 1.165) is 29.5 Å². The van der Waals surface area contributed by atoms with E-state index in [1.165, 1.54) is 6.07 Å². The van der Waals surface area contributed by atoms with Crippen molar-refractivity contribution < 1.29 is 9.18 Å². The second-order valence-electron chi connectivity index (χ2n) is 6.24. The van der Waals surface area contributed by atoms with E-state index in [1.54, 1.807) is 18.2 Å². The zero-order valence-electron chi connectivity index (χ0n) is 13.2. The van der Waals surface area contributed by atoms with Crippen molar-refractivity contribution in [2.75, 3.05) is 0 Å². The van der Waals surface area contributed by atoms with Crippen LogP contribution in [0.1, 0.15) is 46.4 Å². The molecule has 0 saturated carbocycles. The quantitative estimate of drug-likeness (QED) is 0.910. The summed E-state index contributed by atoms with van der Waals surface area (Å²) < 4.78 is 14.0. The van der Waals surface area contributed by atoms with E-state index < -0.39 is 5.91 Å². The third-order valence-electron chi connectivity index (χ3n) is 4.67. The van der Waals surface area contributed by atoms with Gasteiger partial charge in [0.15, 0.2) is 0 Å². The van der Waals surface area contributed by atoms with Crippen LogP contribution in [0, 0.1) is 11.7 Å². The van der Waals surface area contributed by atoms with Crippen molar-refractivity contribution in [2.45, 2.75) is 32.4 Å². The molecule has 1 aliphatic carbocycles. The number of rotatable bonds is 4. The first-order valence-electron chi connectivity index (χ1n) is 7.95. The van der Waals surface area contributed by atoms with Gasteiger partial charge in [0.2, 0.25) is 5.91 Å². The Bertz CT molecular complexity index is 712. The lowest BCUT2D eigenvalue weighted by molar-refractivity contribution is 0.100. The Morgan fingerprint density at radius 1 is 1.26 bits per heavy atom. The average molecular weight is 312 g/mol. The van der Waals surface area contributed by atoms with Gasteiger partial charge in [0.1, 0.15) is 5.82 Å². The second kappa shape index (κ2) is 6.50. The third kappa shape index (κ3) is 3.27. The average Bonchev–Trinajstić information content (AvgIpc) is 2.54. The molecule has 3 rings (SSSR count). The van der Waals surface area contributed by atoms with Crippen molar-refractivity contribution in [3.8, 4) is 0 Å². The van der Waals surface area contributed by atoms with Crippen molar-refractivity contribution in [1.82, 2.24) is 5.32 Å². The topological polar surface area (TPSA) is 55.1 Å². The fourth-order valence-corrected chi connectivity index (χ4v) is 3.30. The molecule has 2 atom stereocenters. The number of halogens is 1. The molecular formula is C19H21FN2O. The number of hydrogen-bond acceptors (Lipinski definition) is 2. The first-order valence-corrected chi connectivity index (χ1v) is 7.95. The molecule has 2 aromatic carbocycles. The summed E-state index contributed by atoms with van der Waals surface area (Å²) in [5, 5.41) is 3.54. The summed E-state index contributed by atoms with van der Waals surface area (Å²) in [5.74, 6) is -0.0731. The van der Waals surface area contributed by atoms with E-state index in [4.69, 9.17) is 5.73 Å². The molecule has 4 heteroatoms. The molecule has 3 N–H and O–H groups in total. The van der Waals surface area contributed by atoms with Crippen LogP contribution in [0.2, 0.25) is 0 Å². The lowest BCUT2D eigenvalue weighted by Gasteiger charge is -2.32. The van der Waals surface area contributed by atoms with Crippen molar-refractivity contribution in [3.63, 3.8) is 0 Å². The van der Waals surface area contributed by atoms with Gasteiger partial charge in [-0.2, -0.15) is 0 Å². The van der Waals surface area contributed by atoms with Crippen LogP contribution in [0.15, 0.2) is 42.5 Å². The van der Waals surface area contributed by atoms with Crippen molar-refractivity contribution in [3.05, 3.63) is 70.5 Å². The molecule has 0 fully saturated rings. The highest BCUT2D eigenvalue weighted by Crippen LogP contribution is 2.35. The Morgan fingerprint density at radius 3 is 2.70 bits per heavy atom. The number of carbonyl (C=O) groups is 1. The minimum Gasteiger partial charge on any atom is -0.366 e. The van der Waals surface area contributed by atoms with E-state index in [2.05, 4.69) is 12.2 Å². The van der Waals surface area contributed by atoms with E-state index in [1.807, 2.05) is 18.2 Å². The highest BCUT2D eigenvalue weighted by molar-refractivity contribution is 5.92. The van der Waals surface area contributed by atoms with Crippen LogP contribution >= 0.6 is 0 Å². The minimum atomic E-state index is -0.421. The number of fused-ring (bicyclic) bond motifs is 1. The van der Waals surface area contributed by atoms with Crippen molar-refractivity contribution >= 4 is 5.91 Å². The van der Waals surface area contributed by atoms with E-state index >= 15 is 0 Å². The molecule has 2 aromatic rings. The maximum absolute atomic E-state index is 14.0. The van der Waals surface area contributed by atoms with E-state index in [-0.39, 0.29) is 11.9 Å². The molecule has 0 bridgehead atoms. The van der Waals surface area contributed by atoms with Gasteiger partial charge in [-0.1, -0.05) is 31.2 Å². The molecule has 1 aliphatic rings. The predicted molar refractivity (Wildman–Crippen MR) is 88.4 cm³/mol. The van der Waals surface area contributed by atoms with Crippen LogP contribution < -0.4 is 11.1 Å². The molecule has 0 aliphatic heterocycles. The minimum absolute atomic E-state index is 0.105. The summed E-state index contributed by atoms with van der Waals surface area (Å²) in [7, 11) is 0. The van der Waals surface area contributed by atoms with Gasteiger partial charge in [-0.3, -0.25) is 4.79 Å². The Morgan fingerprint density at radius 2 is 2.00 bits per heavy atom. The maximum atomic E-state index is 14.0. The Balaban J connectivity index is 1.75. The normalized spacial score (nSPS) is 20.1. The molecule has 0 spiro atoms. The van der Waals surface area contributed by atoms with Gasteiger partial charge in [-0.25, -0.2) is 4.39 Å². The van der Waals surface area contributed by atoms with Gasteiger partial charge < -0.3 is 11.1 Å². The monoisotopic (exact) mass is 312 g/mol. The Kier molecular flexibility index (Phi) is 4.44. The summed E-state index contributed by atoms with van der Waals surface area (Å²) >= 11 is 0. The maximum Gasteiger partial charge on any atom is 0.248 e. The molecule has 0 unspecified atom stereocenters. The second-order valence-corrected chi connectivity index (χ2v) is 6.24. The number of hydrogen-bond donors (Lipinski definition) is 2. The first kappa shape index (κ1) is 15.7. The van der Waals surface area contributed by atoms with Crippen LogP contribution in [0.4, 0.5) is 4.39 Å². The summed E-state index contributed by atoms with van der Waals surface area (Å²) in [6, 6.07) is 12.7. The lowest BCUT2D eigenvalue weighted by atomic mass is 9.80. The first-order chi connectivity index (χ1) is 11.1. The Labute approximate surface area is 135 Å². The summed E-state index contributed by atoms with van der Waals surface area (Å²) in [6.45, 7) is 2.87. The fourth-order valence-electron chi connectivity index (χ4n) is 3.30. The molecule has 0 aromatic heterocycles. The van der Waals surface area contributed by atoms with Crippen LogP contribution in [0.3, 0.4) is 0 Å². The molecule has 23 heavy (non-hydrogen) atoms. The number of amides is 1. The lowest BCUT2D eigenvalue weighted by Crippen LogP contribution is -2.31. The molecular weight excluding hydrogens is 291 g/mol. The highest BCUT2D eigenvalue weighted by atomic mass is 19.1. The summed E-state index contributed by atoms with van der Waals surface area (Å²) in [6.07, 6.45) is 1.78. The third-order valence-corrected chi connectivity index (χ3v) is 4.67. The SMILES string of the molecule is C[C@H]1CCc2c(F)cccc2[C@H]1NCc1ccc(C(N)=O)cc1. The zero-order valence-corrected chi connectivity index (χ0v) is 13.2. The predicted octanol–water partition coefficient (Wildman–Crippen LogP) is 3.34. The van der Waals surface area contributed by atoms with Gasteiger partial charge in [-0.05, 0) is 53.6 Å². The molecule has 1 amide bonds. The van der Waals surface area contributed by atoms with E-state index in [0.29, 0.717) is 18.0 Å². The fraction of sp³-hybridized carbons (Fsp3) is 0.316. The summed E-state index contributed by atoms with van der Waals surface area (Å²) in [5.41, 5.74) is 8.74. The number of benzene rings is 2. The number of primary amides is 1. The molecule has 3 nitrogen and oxygen atoms in total. The molecule has 0 heterocycles. The number of carbonyl (C=O) groups excluding carboxylic acids is 1. The van der Waals surface area contributed by atoms with Crippen LogP contribution in [-0.4, -0.2) is 5.91 Å². The highest BCUT2D eigenvalue weighted by Gasteiger charge is 2.27. The van der Waals surface area contributed by atoms with E-state index in [9.17, 15) is 9.18 Å². The molecule has 0 saturated heterocycles. The number of nitrogens with two attached hydrogens (primary N) is 1. The zero-order chi connectivity index (χ0) is 16.4. The largest absolute Gasteiger partial charge is 0.366 e. The number of nitrogens with one attached hydrogen (secondary N) is 1. The van der Waals surface area contributed by atoms with Crippen LogP contribution in [0.25, 0.3) is 0 Å². The van der Waals surface area contributed by atoms with Crippen molar-refractivity contribution in [1.29, 1.82) is 0 Å². The Hall–Kier alpha value is -2.20. The smallest absolute Gasteiger partial charge is 0.248 e. The van der Waals surface area contributed by atoms with Crippen LogP contribution in [-0.2, 0) is 13.0 Å². The van der Waals surface area contributed by atoms with Gasteiger partial charge in [0.05, 0.1) is 0 Å².